The number of alkyl halides is 2. The van der Waals surface area contributed by atoms with Crippen LogP contribution in [0.3, 0.4) is 0 Å². The second-order valence-corrected chi connectivity index (χ2v) is 2.98. The zero-order valence-corrected chi connectivity index (χ0v) is 8.42. The van der Waals surface area contributed by atoms with Crippen molar-refractivity contribution < 1.29 is 13.5 Å². The smallest absolute Gasteiger partial charge is 0.284 e. The van der Waals surface area contributed by atoms with Crippen LogP contribution in [0.15, 0.2) is 6.07 Å². The fraction of sp³-hybridized carbons (Fsp3) is 0.400. The molecule has 1 aromatic rings. The highest BCUT2D eigenvalue weighted by Gasteiger charge is 2.19. The first-order chi connectivity index (χ1) is 7.10. The molecule has 0 saturated heterocycles. The third-order valence-corrected chi connectivity index (χ3v) is 1.88. The van der Waals surface area contributed by atoms with Crippen molar-refractivity contribution in [2.24, 2.45) is 0 Å². The second kappa shape index (κ2) is 4.69. The van der Waals surface area contributed by atoms with Crippen LogP contribution in [0.25, 0.3) is 0 Å². The molecule has 0 aromatic carbocycles. The van der Waals surface area contributed by atoms with Gasteiger partial charge in [0, 0.05) is 11.3 Å². The summed E-state index contributed by atoms with van der Waals surface area (Å²) in [5.41, 5.74) is 0.502. The topological polar surface area (TPSA) is 45.9 Å². The Morgan fingerprint density at radius 1 is 1.60 bits per heavy atom. The molecule has 0 spiro atoms. The van der Waals surface area contributed by atoms with Crippen molar-refractivity contribution in [3.8, 4) is 11.8 Å². The zero-order chi connectivity index (χ0) is 11.4. The van der Waals surface area contributed by atoms with E-state index in [9.17, 15) is 8.78 Å². The fourth-order valence-electron chi connectivity index (χ4n) is 1.36. The van der Waals surface area contributed by atoms with Gasteiger partial charge < -0.3 is 4.74 Å². The van der Waals surface area contributed by atoms with E-state index in [1.807, 2.05) is 6.07 Å². The lowest BCUT2D eigenvalue weighted by Crippen LogP contribution is -2.02. The van der Waals surface area contributed by atoms with E-state index in [0.29, 0.717) is 11.3 Å². The van der Waals surface area contributed by atoms with Crippen molar-refractivity contribution >= 4 is 0 Å². The van der Waals surface area contributed by atoms with E-state index in [0.717, 1.165) is 0 Å². The number of halogens is 2. The number of nitrogens with zero attached hydrogens (tertiary/aromatic N) is 2. The molecule has 0 atom stereocenters. The maximum Gasteiger partial charge on any atom is 0.284 e. The molecule has 1 heterocycles. The highest BCUT2D eigenvalue weighted by Crippen LogP contribution is 2.31. The summed E-state index contributed by atoms with van der Waals surface area (Å²) in [6, 6.07) is 3.48. The molecule has 0 aliphatic rings. The Morgan fingerprint density at radius 3 is 2.73 bits per heavy atom. The zero-order valence-electron chi connectivity index (χ0n) is 8.42. The van der Waals surface area contributed by atoms with Crippen molar-refractivity contribution in [2.45, 2.75) is 19.8 Å². The Hall–Kier alpha value is -1.70. The van der Waals surface area contributed by atoms with Gasteiger partial charge in [-0.25, -0.2) is 13.8 Å². The molecule has 15 heavy (non-hydrogen) atoms. The number of pyridine rings is 1. The molecule has 0 N–H and O–H groups in total. The average molecular weight is 212 g/mol. The Balaban J connectivity index is 3.33. The van der Waals surface area contributed by atoms with Crippen LogP contribution in [-0.2, 0) is 6.42 Å². The van der Waals surface area contributed by atoms with Gasteiger partial charge >= 0.3 is 0 Å². The summed E-state index contributed by atoms with van der Waals surface area (Å²) in [6.07, 6.45) is -2.66. The molecule has 0 aliphatic carbocycles. The second-order valence-electron chi connectivity index (χ2n) is 2.98. The first kappa shape index (κ1) is 11.4. The normalized spacial score (nSPS) is 10.1. The minimum atomic E-state index is -2.70. The van der Waals surface area contributed by atoms with E-state index >= 15 is 0 Å². The van der Waals surface area contributed by atoms with Crippen LogP contribution in [0.4, 0.5) is 8.78 Å². The van der Waals surface area contributed by atoms with Crippen molar-refractivity contribution in [2.75, 3.05) is 7.11 Å². The monoisotopic (exact) mass is 212 g/mol. The summed E-state index contributed by atoms with van der Waals surface area (Å²) in [5.74, 6) is 0.0113. The molecular weight excluding hydrogens is 202 g/mol. The highest BCUT2D eigenvalue weighted by atomic mass is 19.3. The summed E-state index contributed by atoms with van der Waals surface area (Å²) in [7, 11) is 1.29. The summed E-state index contributed by atoms with van der Waals surface area (Å²) in [6.45, 7) is 1.60. The lowest BCUT2D eigenvalue weighted by atomic mass is 10.1. The minimum absolute atomic E-state index is 0.0113. The molecule has 1 rings (SSSR count). The Labute approximate surface area is 86.3 Å². The predicted molar refractivity (Wildman–Crippen MR) is 49.8 cm³/mol. The van der Waals surface area contributed by atoms with Crippen LogP contribution >= 0.6 is 0 Å². The van der Waals surface area contributed by atoms with Gasteiger partial charge in [0.05, 0.1) is 19.6 Å². The number of rotatable bonds is 3. The Bertz CT molecular complexity index is 399. The SMILES string of the molecule is COc1c(CC#N)cc(C)nc1C(F)F. The summed E-state index contributed by atoms with van der Waals surface area (Å²) < 4.78 is 30.0. The van der Waals surface area contributed by atoms with Gasteiger partial charge in [0.1, 0.15) is 5.69 Å². The number of hydrogen-bond acceptors (Lipinski definition) is 3. The molecule has 0 bridgehead atoms. The first-order valence-corrected chi connectivity index (χ1v) is 4.29. The average Bonchev–Trinajstić information content (AvgIpc) is 2.17. The summed E-state index contributed by atoms with van der Waals surface area (Å²) >= 11 is 0. The Kier molecular flexibility index (Phi) is 3.56. The van der Waals surface area contributed by atoms with Gasteiger partial charge in [-0.05, 0) is 13.0 Å². The van der Waals surface area contributed by atoms with Crippen LogP contribution in [0, 0.1) is 18.3 Å². The van der Waals surface area contributed by atoms with Gasteiger partial charge in [0.25, 0.3) is 6.43 Å². The van der Waals surface area contributed by atoms with Crippen molar-refractivity contribution in [3.05, 3.63) is 23.0 Å². The predicted octanol–water partition coefficient (Wildman–Crippen LogP) is 2.40. The van der Waals surface area contributed by atoms with Gasteiger partial charge in [-0.3, -0.25) is 0 Å². The number of hydrogen-bond donors (Lipinski definition) is 0. The largest absolute Gasteiger partial charge is 0.494 e. The van der Waals surface area contributed by atoms with Crippen LogP contribution in [-0.4, -0.2) is 12.1 Å². The van der Waals surface area contributed by atoms with E-state index in [1.165, 1.54) is 7.11 Å². The quantitative estimate of drug-likeness (QED) is 0.772. The summed E-state index contributed by atoms with van der Waals surface area (Å²) in [4.78, 5) is 3.70. The molecule has 80 valence electrons. The van der Waals surface area contributed by atoms with Crippen molar-refractivity contribution in [3.63, 3.8) is 0 Å². The maximum absolute atomic E-state index is 12.6. The number of ether oxygens (including phenoxy) is 1. The molecule has 0 saturated carbocycles. The van der Waals surface area contributed by atoms with Gasteiger partial charge in [0.2, 0.25) is 0 Å². The molecule has 1 aromatic heterocycles. The van der Waals surface area contributed by atoms with E-state index in [2.05, 4.69) is 4.98 Å². The number of methoxy groups -OCH3 is 1. The van der Waals surface area contributed by atoms with Gasteiger partial charge in [0.15, 0.2) is 5.75 Å². The van der Waals surface area contributed by atoms with Crippen LogP contribution in [0.1, 0.15) is 23.4 Å². The van der Waals surface area contributed by atoms with E-state index in [1.54, 1.807) is 13.0 Å². The molecular formula is C10H10F2N2O. The van der Waals surface area contributed by atoms with E-state index in [4.69, 9.17) is 10.00 Å². The lowest BCUT2D eigenvalue weighted by molar-refractivity contribution is 0.141. The summed E-state index contributed by atoms with van der Waals surface area (Å²) in [5, 5.41) is 8.55. The van der Waals surface area contributed by atoms with Crippen LogP contribution in [0.2, 0.25) is 0 Å². The van der Waals surface area contributed by atoms with Crippen molar-refractivity contribution in [1.29, 1.82) is 5.26 Å². The molecule has 0 unspecified atom stereocenters. The highest BCUT2D eigenvalue weighted by molar-refractivity contribution is 5.41. The molecule has 0 amide bonds. The fourth-order valence-corrected chi connectivity index (χ4v) is 1.36. The molecule has 0 aliphatic heterocycles. The maximum atomic E-state index is 12.6. The third-order valence-electron chi connectivity index (χ3n) is 1.88. The standard InChI is InChI=1S/C10H10F2N2O/c1-6-5-7(3-4-13)9(15-2)8(14-6)10(11)12/h5,10H,3H2,1-2H3. The minimum Gasteiger partial charge on any atom is -0.494 e. The number of nitriles is 1. The van der Waals surface area contributed by atoms with Crippen molar-refractivity contribution in [1.82, 2.24) is 4.98 Å². The molecule has 0 radical (unpaired) electrons. The van der Waals surface area contributed by atoms with Gasteiger partial charge in [-0.2, -0.15) is 5.26 Å². The van der Waals surface area contributed by atoms with Gasteiger partial charge in [-0.1, -0.05) is 0 Å². The lowest BCUT2D eigenvalue weighted by Gasteiger charge is -2.11. The molecule has 5 heteroatoms. The molecule has 3 nitrogen and oxygen atoms in total. The van der Waals surface area contributed by atoms with E-state index in [-0.39, 0.29) is 12.2 Å². The first-order valence-electron chi connectivity index (χ1n) is 4.29. The van der Waals surface area contributed by atoms with Crippen LogP contribution < -0.4 is 4.74 Å². The number of aryl methyl sites for hydroxylation is 1. The Morgan fingerprint density at radius 2 is 2.27 bits per heavy atom. The van der Waals surface area contributed by atoms with Crippen LogP contribution in [0.5, 0.6) is 5.75 Å². The van der Waals surface area contributed by atoms with Gasteiger partial charge in [-0.15, -0.1) is 0 Å². The molecule has 0 fully saturated rings. The van der Waals surface area contributed by atoms with E-state index < -0.39 is 12.1 Å². The number of aromatic nitrogens is 1. The third kappa shape index (κ3) is 2.40.